The van der Waals surface area contributed by atoms with Crippen molar-refractivity contribution in [3.63, 3.8) is 0 Å². The second-order valence-electron chi connectivity index (χ2n) is 7.10. The molecule has 4 nitrogen and oxygen atoms in total. The van der Waals surface area contributed by atoms with Crippen molar-refractivity contribution in [1.82, 2.24) is 9.88 Å². The van der Waals surface area contributed by atoms with E-state index in [1.54, 1.807) is 11.3 Å². The minimum atomic E-state index is 0.143. The second kappa shape index (κ2) is 8.03. The highest BCUT2D eigenvalue weighted by Gasteiger charge is 2.25. The van der Waals surface area contributed by atoms with E-state index < -0.39 is 0 Å². The van der Waals surface area contributed by atoms with Crippen LogP contribution in [0.25, 0.3) is 10.6 Å². The van der Waals surface area contributed by atoms with Crippen LogP contribution in [0.2, 0.25) is 0 Å². The molecule has 1 amide bonds. The van der Waals surface area contributed by atoms with Gasteiger partial charge >= 0.3 is 0 Å². The summed E-state index contributed by atoms with van der Waals surface area (Å²) >= 11 is 1.71. The quantitative estimate of drug-likeness (QED) is 0.758. The van der Waals surface area contributed by atoms with Gasteiger partial charge in [0.15, 0.2) is 0 Å². The number of carbonyl (C=O) groups excluding carboxylic acids is 1. The SMILES string of the molecule is Cc1ccc(-c2nc(C[NH+]3CCN(C(=O)c4ccccc4)CC3)cs2)cc1. The van der Waals surface area contributed by atoms with E-state index in [9.17, 15) is 4.79 Å². The molecule has 0 aliphatic carbocycles. The molecule has 0 unspecified atom stereocenters. The molecule has 4 rings (SSSR count). The molecule has 1 saturated heterocycles. The van der Waals surface area contributed by atoms with Gasteiger partial charge in [0.25, 0.3) is 5.91 Å². The zero-order valence-electron chi connectivity index (χ0n) is 15.5. The number of hydrogen-bond acceptors (Lipinski definition) is 3. The van der Waals surface area contributed by atoms with Crippen molar-refractivity contribution in [2.75, 3.05) is 26.2 Å². The Bertz CT molecular complexity index is 897. The number of aryl methyl sites for hydroxylation is 1. The van der Waals surface area contributed by atoms with Crippen LogP contribution in [-0.4, -0.2) is 42.0 Å². The number of thiazole rings is 1. The minimum absolute atomic E-state index is 0.143. The summed E-state index contributed by atoms with van der Waals surface area (Å²) in [5, 5.41) is 3.26. The molecule has 27 heavy (non-hydrogen) atoms. The molecular weight excluding hydrogens is 354 g/mol. The monoisotopic (exact) mass is 378 g/mol. The van der Waals surface area contributed by atoms with Gasteiger partial charge in [-0.15, -0.1) is 11.3 Å². The maximum Gasteiger partial charge on any atom is 0.254 e. The molecule has 3 aromatic rings. The highest BCUT2D eigenvalue weighted by Crippen LogP contribution is 2.23. The lowest BCUT2D eigenvalue weighted by Gasteiger charge is -2.32. The Morgan fingerprint density at radius 2 is 1.78 bits per heavy atom. The van der Waals surface area contributed by atoms with E-state index in [1.807, 2.05) is 35.2 Å². The number of aromatic nitrogens is 1. The van der Waals surface area contributed by atoms with E-state index in [2.05, 4.69) is 36.6 Å². The minimum Gasteiger partial charge on any atom is -0.327 e. The van der Waals surface area contributed by atoms with Gasteiger partial charge < -0.3 is 9.80 Å². The van der Waals surface area contributed by atoms with Crippen molar-refractivity contribution < 1.29 is 9.69 Å². The van der Waals surface area contributed by atoms with Crippen molar-refractivity contribution in [1.29, 1.82) is 0 Å². The Morgan fingerprint density at radius 1 is 1.07 bits per heavy atom. The molecule has 1 aliphatic heterocycles. The molecule has 0 saturated carbocycles. The van der Waals surface area contributed by atoms with Crippen LogP contribution < -0.4 is 4.90 Å². The lowest BCUT2D eigenvalue weighted by Crippen LogP contribution is -3.13. The third-order valence-electron chi connectivity index (χ3n) is 5.06. The molecule has 1 fully saturated rings. The molecule has 0 radical (unpaired) electrons. The van der Waals surface area contributed by atoms with E-state index in [0.29, 0.717) is 0 Å². The summed E-state index contributed by atoms with van der Waals surface area (Å²) in [6.45, 7) is 6.57. The first kappa shape index (κ1) is 17.9. The van der Waals surface area contributed by atoms with Gasteiger partial charge in [0.2, 0.25) is 0 Å². The van der Waals surface area contributed by atoms with Gasteiger partial charge in [-0.1, -0.05) is 48.0 Å². The molecule has 1 aliphatic rings. The van der Waals surface area contributed by atoms with Crippen LogP contribution in [0.1, 0.15) is 21.6 Å². The van der Waals surface area contributed by atoms with E-state index in [4.69, 9.17) is 4.98 Å². The standard InChI is InChI=1S/C22H23N3OS/c1-17-7-9-18(10-8-17)21-23-20(16-27-21)15-24-11-13-25(14-12-24)22(26)19-5-3-2-4-6-19/h2-10,16H,11-15H2,1H3/p+1. The first-order chi connectivity index (χ1) is 13.2. The van der Waals surface area contributed by atoms with Crippen molar-refractivity contribution in [3.05, 3.63) is 76.8 Å². The zero-order valence-corrected chi connectivity index (χ0v) is 16.3. The Morgan fingerprint density at radius 3 is 2.48 bits per heavy atom. The van der Waals surface area contributed by atoms with E-state index in [0.717, 1.165) is 49.0 Å². The fourth-order valence-electron chi connectivity index (χ4n) is 3.44. The lowest BCUT2D eigenvalue weighted by molar-refractivity contribution is -0.917. The predicted octanol–water partition coefficient (Wildman–Crippen LogP) is 2.66. The molecule has 0 spiro atoms. The molecule has 1 aromatic heterocycles. The van der Waals surface area contributed by atoms with E-state index in [1.165, 1.54) is 16.0 Å². The van der Waals surface area contributed by atoms with Crippen LogP contribution in [0.5, 0.6) is 0 Å². The molecule has 0 bridgehead atoms. The van der Waals surface area contributed by atoms with Gasteiger partial charge in [0, 0.05) is 16.5 Å². The van der Waals surface area contributed by atoms with Gasteiger partial charge in [-0.05, 0) is 19.1 Å². The molecule has 5 heteroatoms. The van der Waals surface area contributed by atoms with Crippen molar-refractivity contribution in [3.8, 4) is 10.6 Å². The van der Waals surface area contributed by atoms with Gasteiger partial charge in [-0.2, -0.15) is 0 Å². The summed E-state index contributed by atoms with van der Waals surface area (Å²) in [6, 6.07) is 18.1. The third kappa shape index (κ3) is 4.26. The lowest BCUT2D eigenvalue weighted by atomic mass is 10.1. The number of quaternary nitrogens is 1. The number of amides is 1. The van der Waals surface area contributed by atoms with Gasteiger partial charge in [0.1, 0.15) is 17.2 Å². The third-order valence-corrected chi connectivity index (χ3v) is 6.00. The van der Waals surface area contributed by atoms with Crippen LogP contribution in [0.3, 0.4) is 0 Å². The molecular formula is C22H24N3OS+. The van der Waals surface area contributed by atoms with Gasteiger partial charge in [-0.25, -0.2) is 4.98 Å². The predicted molar refractivity (Wildman–Crippen MR) is 109 cm³/mol. The van der Waals surface area contributed by atoms with Crippen molar-refractivity contribution in [2.24, 2.45) is 0 Å². The fraction of sp³-hybridized carbons (Fsp3) is 0.273. The maximum absolute atomic E-state index is 12.6. The molecule has 0 atom stereocenters. The van der Waals surface area contributed by atoms with Crippen molar-refractivity contribution in [2.45, 2.75) is 13.5 Å². The maximum atomic E-state index is 12.6. The Hall–Kier alpha value is -2.50. The number of nitrogens with one attached hydrogen (secondary N) is 1. The second-order valence-corrected chi connectivity index (χ2v) is 7.95. The summed E-state index contributed by atoms with van der Waals surface area (Å²) in [7, 11) is 0. The Balaban J connectivity index is 1.33. The Kier molecular flexibility index (Phi) is 5.32. The topological polar surface area (TPSA) is 37.6 Å². The molecule has 2 aromatic carbocycles. The average Bonchev–Trinajstić information content (AvgIpc) is 3.18. The van der Waals surface area contributed by atoms with Crippen LogP contribution in [0.4, 0.5) is 0 Å². The summed E-state index contributed by atoms with van der Waals surface area (Å²) < 4.78 is 0. The van der Waals surface area contributed by atoms with Crippen LogP contribution in [0.15, 0.2) is 60.0 Å². The zero-order chi connectivity index (χ0) is 18.6. The molecule has 2 heterocycles. The molecule has 138 valence electrons. The largest absolute Gasteiger partial charge is 0.327 e. The fourth-order valence-corrected chi connectivity index (χ4v) is 4.26. The van der Waals surface area contributed by atoms with Crippen LogP contribution >= 0.6 is 11.3 Å². The number of benzene rings is 2. The number of rotatable bonds is 4. The first-order valence-corrected chi connectivity index (χ1v) is 10.3. The van der Waals surface area contributed by atoms with E-state index >= 15 is 0 Å². The van der Waals surface area contributed by atoms with Crippen molar-refractivity contribution >= 4 is 17.2 Å². The highest BCUT2D eigenvalue weighted by molar-refractivity contribution is 7.13. The summed E-state index contributed by atoms with van der Waals surface area (Å²) in [5.74, 6) is 0.143. The summed E-state index contributed by atoms with van der Waals surface area (Å²) in [4.78, 5) is 20.8. The average molecular weight is 379 g/mol. The van der Waals surface area contributed by atoms with Gasteiger partial charge in [-0.3, -0.25) is 4.79 Å². The van der Waals surface area contributed by atoms with Gasteiger partial charge in [0.05, 0.1) is 26.2 Å². The number of nitrogens with zero attached hydrogens (tertiary/aromatic N) is 2. The number of carbonyl (C=O) groups is 1. The van der Waals surface area contributed by atoms with Crippen LogP contribution in [0, 0.1) is 6.92 Å². The van der Waals surface area contributed by atoms with E-state index in [-0.39, 0.29) is 5.91 Å². The highest BCUT2D eigenvalue weighted by atomic mass is 32.1. The Labute approximate surface area is 164 Å². The summed E-state index contributed by atoms with van der Waals surface area (Å²) in [5.41, 5.74) is 4.38. The number of piperazine rings is 1. The van der Waals surface area contributed by atoms with Crippen LogP contribution in [-0.2, 0) is 6.54 Å². The number of hydrogen-bond donors (Lipinski definition) is 1. The first-order valence-electron chi connectivity index (χ1n) is 9.38. The summed E-state index contributed by atoms with van der Waals surface area (Å²) in [6.07, 6.45) is 0. The smallest absolute Gasteiger partial charge is 0.254 e. The normalized spacial score (nSPS) is 15.1. The molecule has 1 N–H and O–H groups in total.